The molecule has 4 aromatic rings. The maximum Gasteiger partial charge on any atom is 0.174 e. The molecule has 4 heterocycles. The van der Waals surface area contributed by atoms with Gasteiger partial charge in [-0.2, -0.15) is 0 Å². The van der Waals surface area contributed by atoms with Crippen molar-refractivity contribution in [1.29, 1.82) is 0 Å². The van der Waals surface area contributed by atoms with Crippen molar-refractivity contribution in [3.05, 3.63) is 113 Å². The third-order valence-corrected chi connectivity index (χ3v) is 6.69. The number of thiocarbonyl (C=S) groups is 1. The quantitative estimate of drug-likeness (QED) is 0.408. The highest BCUT2D eigenvalue weighted by Crippen LogP contribution is 2.43. The predicted octanol–water partition coefficient (Wildman–Crippen LogP) is 5.43. The van der Waals surface area contributed by atoms with E-state index in [2.05, 4.69) is 88.0 Å². The number of hydrogen-bond donors (Lipinski definition) is 1. The summed E-state index contributed by atoms with van der Waals surface area (Å²) in [5.74, 6) is 0. The first-order valence-electron chi connectivity index (χ1n) is 11.2. The lowest BCUT2D eigenvalue weighted by Gasteiger charge is -2.28. The second kappa shape index (κ2) is 8.79. The Kier molecular flexibility index (Phi) is 5.68. The number of aryl methyl sites for hydroxylation is 2. The van der Waals surface area contributed by atoms with Gasteiger partial charge in [0.2, 0.25) is 0 Å². The molecule has 166 valence electrons. The number of nitrogens with one attached hydrogen (secondary N) is 1. The predicted molar refractivity (Wildman–Crippen MR) is 136 cm³/mol. The third kappa shape index (κ3) is 4.02. The number of benzene rings is 1. The molecule has 0 aliphatic carbocycles. The van der Waals surface area contributed by atoms with Crippen molar-refractivity contribution >= 4 is 23.0 Å². The summed E-state index contributed by atoms with van der Waals surface area (Å²) in [6, 6.07) is 20.9. The van der Waals surface area contributed by atoms with Gasteiger partial charge >= 0.3 is 0 Å². The highest BCUT2D eigenvalue weighted by Gasteiger charge is 2.42. The largest absolute Gasteiger partial charge is 0.351 e. The summed E-state index contributed by atoms with van der Waals surface area (Å²) in [6.07, 6.45) is 5.59. The number of aromatic nitrogens is 3. The van der Waals surface area contributed by atoms with Crippen LogP contribution in [-0.2, 0) is 6.54 Å². The Morgan fingerprint density at radius 2 is 1.85 bits per heavy atom. The third-order valence-electron chi connectivity index (χ3n) is 6.37. The lowest BCUT2D eigenvalue weighted by atomic mass is 9.96. The molecule has 0 bridgehead atoms. The Morgan fingerprint density at radius 1 is 0.970 bits per heavy atom. The van der Waals surface area contributed by atoms with Gasteiger partial charge in [0.05, 0.1) is 17.8 Å². The van der Waals surface area contributed by atoms with Crippen LogP contribution in [0.3, 0.4) is 0 Å². The molecule has 1 aromatic carbocycles. The summed E-state index contributed by atoms with van der Waals surface area (Å²) in [6.45, 7) is 7.26. The van der Waals surface area contributed by atoms with Crippen molar-refractivity contribution in [2.45, 2.75) is 39.4 Å². The van der Waals surface area contributed by atoms with Crippen LogP contribution in [-0.4, -0.2) is 19.6 Å². The van der Waals surface area contributed by atoms with Gasteiger partial charge < -0.3 is 14.8 Å². The minimum atomic E-state index is -0.0495. The van der Waals surface area contributed by atoms with Gasteiger partial charge in [-0.3, -0.25) is 9.97 Å². The van der Waals surface area contributed by atoms with Crippen LogP contribution in [0.15, 0.2) is 79.3 Å². The van der Waals surface area contributed by atoms with Gasteiger partial charge in [-0.25, -0.2) is 0 Å². The van der Waals surface area contributed by atoms with Crippen molar-refractivity contribution in [2.75, 3.05) is 4.90 Å². The first-order valence-corrected chi connectivity index (χ1v) is 11.6. The van der Waals surface area contributed by atoms with Crippen LogP contribution in [0.25, 0.3) is 0 Å². The van der Waals surface area contributed by atoms with Crippen LogP contribution in [0.5, 0.6) is 0 Å². The van der Waals surface area contributed by atoms with Gasteiger partial charge in [0.15, 0.2) is 5.11 Å². The average Bonchev–Trinajstić information content (AvgIpc) is 3.31. The average molecular weight is 454 g/mol. The van der Waals surface area contributed by atoms with Crippen LogP contribution in [0.4, 0.5) is 5.69 Å². The first kappa shape index (κ1) is 21.3. The van der Waals surface area contributed by atoms with Crippen LogP contribution in [0.2, 0.25) is 0 Å². The Labute approximate surface area is 200 Å². The summed E-state index contributed by atoms with van der Waals surface area (Å²) >= 11 is 5.88. The summed E-state index contributed by atoms with van der Waals surface area (Å²) < 4.78 is 2.36. The minimum Gasteiger partial charge on any atom is -0.351 e. The summed E-state index contributed by atoms with van der Waals surface area (Å²) in [5, 5.41) is 4.29. The Hall–Kier alpha value is -3.51. The van der Waals surface area contributed by atoms with Gasteiger partial charge in [0, 0.05) is 42.2 Å². The molecule has 3 aromatic heterocycles. The molecule has 33 heavy (non-hydrogen) atoms. The Balaban J connectivity index is 1.63. The molecular weight excluding hydrogens is 426 g/mol. The van der Waals surface area contributed by atoms with E-state index < -0.39 is 0 Å². The van der Waals surface area contributed by atoms with E-state index in [0.717, 1.165) is 23.0 Å². The zero-order valence-corrected chi connectivity index (χ0v) is 19.9. The fourth-order valence-electron chi connectivity index (χ4n) is 4.77. The van der Waals surface area contributed by atoms with E-state index in [0.29, 0.717) is 0 Å². The normalized spacial score (nSPS) is 17.9. The van der Waals surface area contributed by atoms with Crippen molar-refractivity contribution < 1.29 is 0 Å². The Morgan fingerprint density at radius 3 is 2.58 bits per heavy atom. The fraction of sp³-hybridized carbons (Fsp3) is 0.222. The van der Waals surface area contributed by atoms with Crippen molar-refractivity contribution in [1.82, 2.24) is 19.9 Å². The monoisotopic (exact) mass is 453 g/mol. The molecule has 0 saturated carbocycles. The van der Waals surface area contributed by atoms with Crippen LogP contribution in [0.1, 0.15) is 45.9 Å². The van der Waals surface area contributed by atoms with E-state index in [1.165, 1.54) is 28.1 Å². The van der Waals surface area contributed by atoms with Gasteiger partial charge in [-0.05, 0) is 86.1 Å². The zero-order chi connectivity index (χ0) is 22.9. The van der Waals surface area contributed by atoms with E-state index in [4.69, 9.17) is 12.2 Å². The topological polar surface area (TPSA) is 46.0 Å². The molecule has 1 aliphatic heterocycles. The number of hydrogen-bond acceptors (Lipinski definition) is 3. The first-order chi connectivity index (χ1) is 16.0. The summed E-state index contributed by atoms with van der Waals surface area (Å²) in [5.41, 5.74) is 8.16. The van der Waals surface area contributed by atoms with Crippen LogP contribution in [0, 0.1) is 20.8 Å². The standard InChI is InChI=1S/C27H27N5S/c1-18-8-6-10-22(14-18)32-26(25(30-27(32)33)24-11-4-5-13-29-24)23-15-19(2)31(20(23)3)17-21-9-7-12-28-16-21/h4-16,25-26H,17H2,1-3H3,(H,30,33)/t25-,26+/m0/s1. The van der Waals surface area contributed by atoms with Gasteiger partial charge in [-0.1, -0.05) is 24.3 Å². The highest BCUT2D eigenvalue weighted by molar-refractivity contribution is 7.80. The number of rotatable bonds is 5. The maximum absolute atomic E-state index is 5.88. The van der Waals surface area contributed by atoms with Crippen molar-refractivity contribution in [3.8, 4) is 0 Å². The highest BCUT2D eigenvalue weighted by atomic mass is 32.1. The van der Waals surface area contributed by atoms with Crippen molar-refractivity contribution in [3.63, 3.8) is 0 Å². The smallest absolute Gasteiger partial charge is 0.174 e. The lowest BCUT2D eigenvalue weighted by molar-refractivity contribution is 0.563. The second-order valence-corrected chi connectivity index (χ2v) is 9.00. The fourth-order valence-corrected chi connectivity index (χ4v) is 5.12. The van der Waals surface area contributed by atoms with E-state index in [1.807, 2.05) is 36.8 Å². The zero-order valence-electron chi connectivity index (χ0n) is 19.1. The van der Waals surface area contributed by atoms with Gasteiger partial charge in [-0.15, -0.1) is 0 Å². The maximum atomic E-state index is 5.88. The summed E-state index contributed by atoms with van der Waals surface area (Å²) in [4.78, 5) is 11.2. The number of anilines is 1. The SMILES string of the molecule is Cc1cccc(N2C(=S)N[C@@H](c3ccccn3)[C@H]2c2cc(C)n(Cc3cccnc3)c2C)c1. The van der Waals surface area contributed by atoms with E-state index in [9.17, 15) is 0 Å². The number of pyridine rings is 2. The van der Waals surface area contributed by atoms with Gasteiger partial charge in [0.25, 0.3) is 0 Å². The molecule has 1 N–H and O–H groups in total. The second-order valence-electron chi connectivity index (χ2n) is 8.61. The molecule has 1 fully saturated rings. The van der Waals surface area contributed by atoms with Crippen LogP contribution < -0.4 is 10.2 Å². The van der Waals surface area contributed by atoms with E-state index in [1.54, 1.807) is 0 Å². The Bertz CT molecular complexity index is 1280. The molecule has 0 spiro atoms. The van der Waals surface area contributed by atoms with Crippen molar-refractivity contribution in [2.24, 2.45) is 0 Å². The number of nitrogens with zero attached hydrogens (tertiary/aromatic N) is 4. The minimum absolute atomic E-state index is 0.0111. The molecule has 5 rings (SSSR count). The van der Waals surface area contributed by atoms with Crippen LogP contribution >= 0.6 is 12.2 Å². The molecule has 2 atom stereocenters. The summed E-state index contributed by atoms with van der Waals surface area (Å²) in [7, 11) is 0. The molecule has 0 radical (unpaired) electrons. The molecule has 0 amide bonds. The van der Waals surface area contributed by atoms with Gasteiger partial charge in [0.1, 0.15) is 0 Å². The van der Waals surface area contributed by atoms with E-state index in [-0.39, 0.29) is 12.1 Å². The lowest BCUT2D eigenvalue weighted by Crippen LogP contribution is -2.29. The molecular formula is C27H27N5S. The molecule has 5 nitrogen and oxygen atoms in total. The molecule has 0 unspecified atom stereocenters. The molecule has 1 aliphatic rings. The van der Waals surface area contributed by atoms with E-state index >= 15 is 0 Å². The molecule has 1 saturated heterocycles. The molecule has 6 heteroatoms.